The third kappa shape index (κ3) is 4.97. The van der Waals surface area contributed by atoms with Gasteiger partial charge in [-0.05, 0) is 17.2 Å². The van der Waals surface area contributed by atoms with Gasteiger partial charge in [-0.3, -0.25) is 4.79 Å². The van der Waals surface area contributed by atoms with Crippen LogP contribution in [-0.4, -0.2) is 15.9 Å². The molecule has 1 aromatic heterocycles. The van der Waals surface area contributed by atoms with Gasteiger partial charge in [0.05, 0.1) is 17.9 Å². The van der Waals surface area contributed by atoms with Crippen LogP contribution < -0.4 is 5.32 Å². The second kappa shape index (κ2) is 9.61. The lowest BCUT2D eigenvalue weighted by Gasteiger charge is -2.18. The van der Waals surface area contributed by atoms with Gasteiger partial charge in [-0.15, -0.1) is 0 Å². The van der Waals surface area contributed by atoms with E-state index in [9.17, 15) is 4.79 Å². The first-order valence-corrected chi connectivity index (χ1v) is 10.0. The summed E-state index contributed by atoms with van der Waals surface area (Å²) < 4.78 is 0. The first-order chi connectivity index (χ1) is 14.8. The zero-order valence-electron chi connectivity index (χ0n) is 16.6. The number of rotatable bonds is 7. The maximum atomic E-state index is 12.8. The summed E-state index contributed by atoms with van der Waals surface area (Å²) in [4.78, 5) is 21.4. The smallest absolute Gasteiger partial charge is 0.221 e. The zero-order chi connectivity index (χ0) is 20.6. The summed E-state index contributed by atoms with van der Waals surface area (Å²) in [6, 6.07) is 32.2. The lowest BCUT2D eigenvalue weighted by Crippen LogP contribution is -2.25. The van der Waals surface area contributed by atoms with Crippen LogP contribution >= 0.6 is 0 Å². The molecule has 1 N–H and O–H groups in total. The predicted molar refractivity (Wildman–Crippen MR) is 119 cm³/mol. The first kappa shape index (κ1) is 19.5. The quantitative estimate of drug-likeness (QED) is 0.482. The van der Waals surface area contributed by atoms with Crippen LogP contribution in [0.1, 0.15) is 29.2 Å². The number of benzene rings is 3. The van der Waals surface area contributed by atoms with E-state index >= 15 is 0 Å². The standard InChI is InChI=1S/C26H23N3O/c30-26(17-24(20-10-4-1-5-11-20)21-12-6-2-7-13-21)27-18-23-16-25(29-19-28-23)22-14-8-3-9-15-22/h1-16,19,24H,17-18H2,(H,27,30). The van der Waals surface area contributed by atoms with Crippen LogP contribution in [0, 0.1) is 0 Å². The van der Waals surface area contributed by atoms with Crippen molar-refractivity contribution in [1.29, 1.82) is 0 Å². The highest BCUT2D eigenvalue weighted by atomic mass is 16.1. The molecular weight excluding hydrogens is 370 g/mol. The van der Waals surface area contributed by atoms with Crippen molar-refractivity contribution in [2.75, 3.05) is 0 Å². The molecule has 4 rings (SSSR count). The predicted octanol–water partition coefficient (Wildman–Crippen LogP) is 4.98. The Hall–Kier alpha value is -3.79. The monoisotopic (exact) mass is 393 g/mol. The molecular formula is C26H23N3O. The largest absolute Gasteiger partial charge is 0.350 e. The van der Waals surface area contributed by atoms with Crippen molar-refractivity contribution in [3.63, 3.8) is 0 Å². The number of hydrogen-bond donors (Lipinski definition) is 1. The summed E-state index contributed by atoms with van der Waals surface area (Å²) in [5, 5.41) is 3.02. The van der Waals surface area contributed by atoms with Crippen molar-refractivity contribution < 1.29 is 4.79 Å². The Bertz CT molecular complexity index is 1040. The summed E-state index contributed by atoms with van der Waals surface area (Å²) in [7, 11) is 0. The molecule has 0 atom stereocenters. The van der Waals surface area contributed by atoms with E-state index in [0.29, 0.717) is 13.0 Å². The second-order valence-electron chi connectivity index (χ2n) is 7.12. The highest BCUT2D eigenvalue weighted by Gasteiger charge is 2.18. The molecule has 148 valence electrons. The number of nitrogens with one attached hydrogen (secondary N) is 1. The molecule has 0 spiro atoms. The average Bonchev–Trinajstić information content (AvgIpc) is 2.83. The fourth-order valence-corrected chi connectivity index (χ4v) is 3.51. The molecule has 0 unspecified atom stereocenters. The van der Waals surface area contributed by atoms with E-state index in [1.165, 1.54) is 0 Å². The number of carbonyl (C=O) groups excluding carboxylic acids is 1. The van der Waals surface area contributed by atoms with Gasteiger partial charge in [-0.25, -0.2) is 9.97 Å². The van der Waals surface area contributed by atoms with E-state index in [2.05, 4.69) is 39.6 Å². The van der Waals surface area contributed by atoms with Gasteiger partial charge in [0.25, 0.3) is 0 Å². The van der Waals surface area contributed by atoms with Gasteiger partial charge in [-0.1, -0.05) is 91.0 Å². The lowest BCUT2D eigenvalue weighted by molar-refractivity contribution is -0.121. The lowest BCUT2D eigenvalue weighted by atomic mass is 9.88. The SMILES string of the molecule is O=C(CC(c1ccccc1)c1ccccc1)NCc1cc(-c2ccccc2)ncn1. The molecule has 30 heavy (non-hydrogen) atoms. The minimum Gasteiger partial charge on any atom is -0.350 e. The fraction of sp³-hybridized carbons (Fsp3) is 0.115. The molecule has 0 aliphatic rings. The number of carbonyl (C=O) groups is 1. The van der Waals surface area contributed by atoms with Gasteiger partial charge in [0, 0.05) is 17.9 Å². The number of hydrogen-bond acceptors (Lipinski definition) is 3. The van der Waals surface area contributed by atoms with Crippen LogP contribution in [0.3, 0.4) is 0 Å². The van der Waals surface area contributed by atoms with E-state index in [1.807, 2.05) is 72.8 Å². The van der Waals surface area contributed by atoms with Crippen molar-refractivity contribution >= 4 is 5.91 Å². The molecule has 0 fully saturated rings. The van der Waals surface area contributed by atoms with Crippen molar-refractivity contribution in [2.45, 2.75) is 18.9 Å². The third-order valence-electron chi connectivity index (χ3n) is 5.05. The maximum absolute atomic E-state index is 12.8. The molecule has 0 saturated heterocycles. The van der Waals surface area contributed by atoms with Crippen LogP contribution in [0.5, 0.6) is 0 Å². The van der Waals surface area contributed by atoms with E-state index in [-0.39, 0.29) is 11.8 Å². The van der Waals surface area contributed by atoms with Gasteiger partial charge in [0.2, 0.25) is 5.91 Å². The molecule has 0 bridgehead atoms. The van der Waals surface area contributed by atoms with E-state index < -0.39 is 0 Å². The molecule has 0 aliphatic carbocycles. The van der Waals surface area contributed by atoms with E-state index in [4.69, 9.17) is 0 Å². The summed E-state index contributed by atoms with van der Waals surface area (Å²) in [6.07, 6.45) is 1.92. The summed E-state index contributed by atoms with van der Waals surface area (Å²) in [6.45, 7) is 0.373. The fourth-order valence-electron chi connectivity index (χ4n) is 3.51. The Labute approximate surface area is 176 Å². The van der Waals surface area contributed by atoms with Crippen molar-refractivity contribution in [2.24, 2.45) is 0 Å². The molecule has 0 saturated carbocycles. The Morgan fingerprint density at radius 2 is 1.33 bits per heavy atom. The van der Waals surface area contributed by atoms with Crippen molar-refractivity contribution in [3.8, 4) is 11.3 Å². The Morgan fingerprint density at radius 1 is 0.767 bits per heavy atom. The molecule has 4 nitrogen and oxygen atoms in total. The molecule has 1 amide bonds. The Kier molecular flexibility index (Phi) is 6.25. The van der Waals surface area contributed by atoms with Crippen molar-refractivity contribution in [3.05, 3.63) is 120 Å². The van der Waals surface area contributed by atoms with Gasteiger partial charge < -0.3 is 5.32 Å². The highest BCUT2D eigenvalue weighted by Crippen LogP contribution is 2.27. The Morgan fingerprint density at radius 3 is 1.93 bits per heavy atom. The van der Waals surface area contributed by atoms with Crippen LogP contribution in [-0.2, 0) is 11.3 Å². The minimum atomic E-state index is -0.00687. The zero-order valence-corrected chi connectivity index (χ0v) is 16.6. The topological polar surface area (TPSA) is 54.9 Å². The van der Waals surface area contributed by atoms with Crippen LogP contribution in [0.15, 0.2) is 103 Å². The summed E-state index contributed by atoms with van der Waals surface area (Å²) >= 11 is 0. The maximum Gasteiger partial charge on any atom is 0.221 e. The molecule has 0 aliphatic heterocycles. The normalized spacial score (nSPS) is 10.7. The molecule has 4 heteroatoms. The number of aromatic nitrogens is 2. The molecule has 4 aromatic rings. The van der Waals surface area contributed by atoms with Gasteiger partial charge >= 0.3 is 0 Å². The van der Waals surface area contributed by atoms with E-state index in [1.54, 1.807) is 6.33 Å². The number of nitrogens with zero attached hydrogens (tertiary/aromatic N) is 2. The summed E-state index contributed by atoms with van der Waals surface area (Å²) in [5.41, 5.74) is 4.93. The highest BCUT2D eigenvalue weighted by molar-refractivity contribution is 5.77. The number of amides is 1. The van der Waals surface area contributed by atoms with Crippen molar-refractivity contribution in [1.82, 2.24) is 15.3 Å². The first-order valence-electron chi connectivity index (χ1n) is 10.0. The van der Waals surface area contributed by atoms with Gasteiger partial charge in [0.1, 0.15) is 6.33 Å². The van der Waals surface area contributed by atoms with Crippen LogP contribution in [0.25, 0.3) is 11.3 Å². The molecule has 3 aromatic carbocycles. The minimum absolute atomic E-state index is 0.00687. The van der Waals surface area contributed by atoms with Crippen LogP contribution in [0.4, 0.5) is 0 Å². The molecule has 1 heterocycles. The summed E-state index contributed by atoms with van der Waals surface area (Å²) in [5.74, 6) is 0.00487. The Balaban J connectivity index is 1.45. The van der Waals surface area contributed by atoms with E-state index in [0.717, 1.165) is 28.1 Å². The third-order valence-corrected chi connectivity index (χ3v) is 5.05. The van der Waals surface area contributed by atoms with Gasteiger partial charge in [0.15, 0.2) is 0 Å². The van der Waals surface area contributed by atoms with Gasteiger partial charge in [-0.2, -0.15) is 0 Å². The second-order valence-corrected chi connectivity index (χ2v) is 7.12. The van der Waals surface area contributed by atoms with Crippen LogP contribution in [0.2, 0.25) is 0 Å². The molecule has 0 radical (unpaired) electrons. The average molecular weight is 393 g/mol.